The second-order valence-electron chi connectivity index (χ2n) is 3.77. The Morgan fingerprint density at radius 3 is 2.83 bits per heavy atom. The van der Waals surface area contributed by atoms with E-state index in [0.717, 1.165) is 5.56 Å². The van der Waals surface area contributed by atoms with Crippen LogP contribution in [0.2, 0.25) is 0 Å². The predicted molar refractivity (Wildman–Crippen MR) is 65.2 cm³/mol. The molecule has 2 aromatic heterocycles. The van der Waals surface area contributed by atoms with Gasteiger partial charge < -0.3 is 5.73 Å². The molecule has 2 aromatic rings. The highest BCUT2D eigenvalue weighted by molar-refractivity contribution is 8.00. The minimum absolute atomic E-state index is 0.0797. The Balaban J connectivity index is 2.20. The summed E-state index contributed by atoms with van der Waals surface area (Å²) in [6.07, 6.45) is 1.64. The normalized spacial score (nSPS) is 12.2. The van der Waals surface area contributed by atoms with Crippen molar-refractivity contribution < 1.29 is 13.2 Å². The van der Waals surface area contributed by atoms with Crippen LogP contribution in [0.4, 0.5) is 19.1 Å². The van der Waals surface area contributed by atoms with Crippen molar-refractivity contribution in [2.75, 3.05) is 11.5 Å². The van der Waals surface area contributed by atoms with Crippen LogP contribution in [0.15, 0.2) is 12.3 Å². The second-order valence-corrected chi connectivity index (χ2v) is 4.93. The van der Waals surface area contributed by atoms with E-state index in [1.165, 1.54) is 4.57 Å². The molecule has 0 radical (unpaired) electrons. The second kappa shape index (κ2) is 4.68. The van der Waals surface area contributed by atoms with Gasteiger partial charge >= 0.3 is 5.51 Å². The molecule has 0 spiro atoms. The van der Waals surface area contributed by atoms with Crippen LogP contribution in [0, 0.1) is 6.92 Å². The highest BCUT2D eigenvalue weighted by Crippen LogP contribution is 2.30. The monoisotopic (exact) mass is 276 g/mol. The van der Waals surface area contributed by atoms with Crippen molar-refractivity contribution in [3.63, 3.8) is 0 Å². The first kappa shape index (κ1) is 13.0. The molecule has 0 fully saturated rings. The van der Waals surface area contributed by atoms with Crippen molar-refractivity contribution in [2.24, 2.45) is 0 Å². The van der Waals surface area contributed by atoms with Gasteiger partial charge in [-0.3, -0.25) is 4.57 Å². The Kier molecular flexibility index (Phi) is 3.38. The number of anilines is 1. The number of rotatable bonds is 3. The van der Waals surface area contributed by atoms with Crippen molar-refractivity contribution in [1.29, 1.82) is 0 Å². The van der Waals surface area contributed by atoms with E-state index in [4.69, 9.17) is 5.73 Å². The lowest BCUT2D eigenvalue weighted by Gasteiger charge is -2.07. The van der Waals surface area contributed by atoms with Crippen molar-refractivity contribution in [2.45, 2.75) is 19.0 Å². The summed E-state index contributed by atoms with van der Waals surface area (Å²) < 4.78 is 37.6. The third-order valence-corrected chi connectivity index (χ3v) is 3.05. The Hall–Kier alpha value is -1.44. The lowest BCUT2D eigenvalue weighted by atomic mass is 10.3. The zero-order valence-corrected chi connectivity index (χ0v) is 10.3. The first-order valence-corrected chi connectivity index (χ1v) is 6.14. The van der Waals surface area contributed by atoms with Crippen molar-refractivity contribution in [3.8, 4) is 0 Å². The van der Waals surface area contributed by atoms with Gasteiger partial charge in [-0.25, -0.2) is 9.97 Å². The number of alkyl halides is 3. The van der Waals surface area contributed by atoms with Crippen LogP contribution in [0.3, 0.4) is 0 Å². The number of aryl methyl sites for hydroxylation is 2. The minimum Gasteiger partial charge on any atom is -0.369 e. The zero-order valence-electron chi connectivity index (χ0n) is 9.53. The van der Waals surface area contributed by atoms with Crippen LogP contribution >= 0.6 is 11.8 Å². The van der Waals surface area contributed by atoms with E-state index in [1.54, 1.807) is 12.3 Å². The molecule has 0 aliphatic heterocycles. The zero-order chi connectivity index (χ0) is 13.3. The summed E-state index contributed by atoms with van der Waals surface area (Å²) in [5.74, 6) is 0.0696. The number of nitrogen functional groups attached to an aromatic ring is 1. The van der Waals surface area contributed by atoms with Gasteiger partial charge in [-0.2, -0.15) is 13.2 Å². The molecule has 0 aliphatic rings. The van der Waals surface area contributed by atoms with Gasteiger partial charge in [-0.05, 0) is 30.3 Å². The molecular formula is C10H11F3N4S. The molecule has 0 unspecified atom stereocenters. The van der Waals surface area contributed by atoms with Gasteiger partial charge in [0.25, 0.3) is 0 Å². The Labute approximate surface area is 105 Å². The molecule has 2 rings (SSSR count). The summed E-state index contributed by atoms with van der Waals surface area (Å²) in [5, 5.41) is 0. The van der Waals surface area contributed by atoms with Crippen molar-refractivity contribution >= 4 is 28.9 Å². The Bertz CT molecular complexity index is 564. The van der Waals surface area contributed by atoms with Gasteiger partial charge in [0.15, 0.2) is 5.65 Å². The first-order chi connectivity index (χ1) is 8.37. The van der Waals surface area contributed by atoms with Gasteiger partial charge in [0.05, 0.1) is 0 Å². The summed E-state index contributed by atoms with van der Waals surface area (Å²) in [6, 6.07) is 1.80. The van der Waals surface area contributed by atoms with Crippen LogP contribution in [0.5, 0.6) is 0 Å². The quantitative estimate of drug-likeness (QED) is 0.936. The molecule has 2 heterocycles. The number of aromatic nitrogens is 3. The number of pyridine rings is 1. The molecule has 18 heavy (non-hydrogen) atoms. The lowest BCUT2D eigenvalue weighted by Crippen LogP contribution is -2.09. The number of nitrogens with two attached hydrogens (primary N) is 1. The summed E-state index contributed by atoms with van der Waals surface area (Å²) in [4.78, 5) is 8.22. The highest BCUT2D eigenvalue weighted by Gasteiger charge is 2.27. The molecule has 8 heteroatoms. The van der Waals surface area contributed by atoms with E-state index in [9.17, 15) is 13.2 Å². The predicted octanol–water partition coefficient (Wildman–Crippen LogP) is 2.57. The maximum atomic E-state index is 12.0. The number of fused-ring (bicyclic) bond motifs is 1. The molecule has 0 aromatic carbocycles. The summed E-state index contributed by atoms with van der Waals surface area (Å²) in [6.45, 7) is 1.99. The van der Waals surface area contributed by atoms with Crippen LogP contribution < -0.4 is 5.73 Å². The largest absolute Gasteiger partial charge is 0.441 e. The number of hydrogen-bond acceptors (Lipinski definition) is 4. The molecule has 0 saturated heterocycles. The Morgan fingerprint density at radius 2 is 2.17 bits per heavy atom. The molecule has 0 aliphatic carbocycles. The highest BCUT2D eigenvalue weighted by atomic mass is 32.2. The van der Waals surface area contributed by atoms with Gasteiger partial charge in [0.1, 0.15) is 5.52 Å². The van der Waals surface area contributed by atoms with Gasteiger partial charge in [0, 0.05) is 18.5 Å². The van der Waals surface area contributed by atoms with Gasteiger partial charge in [-0.15, -0.1) is 0 Å². The van der Waals surface area contributed by atoms with Crippen molar-refractivity contribution in [1.82, 2.24) is 14.5 Å². The SMILES string of the molecule is Cc1cnc2c(c1)nc(N)n2CCSC(F)(F)F. The fraction of sp³-hybridized carbons (Fsp3) is 0.400. The molecule has 4 nitrogen and oxygen atoms in total. The van der Waals surface area contributed by atoms with Crippen molar-refractivity contribution in [3.05, 3.63) is 17.8 Å². The van der Waals surface area contributed by atoms with E-state index < -0.39 is 5.51 Å². The molecule has 0 bridgehead atoms. The molecule has 0 atom stereocenters. The standard InChI is InChI=1S/C10H11F3N4S/c1-6-4-7-8(15-5-6)17(9(14)16-7)2-3-18-10(11,12)13/h4-5H,2-3H2,1H3,(H2,14,16). The van der Waals surface area contributed by atoms with E-state index in [-0.39, 0.29) is 30.0 Å². The van der Waals surface area contributed by atoms with Crippen LogP contribution in [-0.2, 0) is 6.54 Å². The molecular weight excluding hydrogens is 265 g/mol. The van der Waals surface area contributed by atoms with E-state index in [1.807, 2.05) is 6.92 Å². The number of halogens is 3. The maximum Gasteiger partial charge on any atom is 0.441 e. The van der Waals surface area contributed by atoms with E-state index >= 15 is 0 Å². The van der Waals surface area contributed by atoms with E-state index in [2.05, 4.69) is 9.97 Å². The molecule has 0 saturated carbocycles. The van der Waals surface area contributed by atoms with Crippen LogP contribution in [0.25, 0.3) is 11.2 Å². The van der Waals surface area contributed by atoms with Crippen LogP contribution in [-0.4, -0.2) is 25.8 Å². The average Bonchev–Trinajstić information content (AvgIpc) is 2.52. The third kappa shape index (κ3) is 2.87. The summed E-state index contributed by atoms with van der Waals surface area (Å²) in [5.41, 5.74) is 3.49. The minimum atomic E-state index is -4.23. The molecule has 2 N–H and O–H groups in total. The first-order valence-electron chi connectivity index (χ1n) is 5.16. The summed E-state index contributed by atoms with van der Waals surface area (Å²) in [7, 11) is 0. The van der Waals surface area contributed by atoms with E-state index in [0.29, 0.717) is 11.2 Å². The number of imidazole rings is 1. The average molecular weight is 276 g/mol. The maximum absolute atomic E-state index is 12.0. The fourth-order valence-electron chi connectivity index (χ4n) is 1.60. The fourth-order valence-corrected chi connectivity index (χ4v) is 2.11. The number of hydrogen-bond donors (Lipinski definition) is 1. The smallest absolute Gasteiger partial charge is 0.369 e. The number of nitrogens with zero attached hydrogens (tertiary/aromatic N) is 3. The van der Waals surface area contributed by atoms with Crippen LogP contribution in [0.1, 0.15) is 5.56 Å². The lowest BCUT2D eigenvalue weighted by molar-refractivity contribution is -0.0328. The Morgan fingerprint density at radius 1 is 1.44 bits per heavy atom. The van der Waals surface area contributed by atoms with Gasteiger partial charge in [0.2, 0.25) is 5.95 Å². The molecule has 0 amide bonds. The molecule has 98 valence electrons. The summed E-state index contributed by atoms with van der Waals surface area (Å²) >= 11 is -0.0797. The third-order valence-electron chi connectivity index (χ3n) is 2.33. The van der Waals surface area contributed by atoms with Gasteiger partial charge in [-0.1, -0.05) is 0 Å². The topological polar surface area (TPSA) is 56.7 Å². The number of thioether (sulfide) groups is 1.